The maximum atomic E-state index is 13.9. The van der Waals surface area contributed by atoms with Crippen LogP contribution in [0.15, 0.2) is 52.7 Å². The Balaban J connectivity index is 1.55. The summed E-state index contributed by atoms with van der Waals surface area (Å²) in [5.74, 6) is -0.0215. The van der Waals surface area contributed by atoms with Crippen molar-refractivity contribution in [2.75, 3.05) is 32.8 Å². The summed E-state index contributed by atoms with van der Waals surface area (Å²) in [5, 5.41) is 43.5. The largest absolute Gasteiger partial charge is 0.461 e. The predicted molar refractivity (Wildman–Crippen MR) is 164 cm³/mol. The molecule has 8 heteroatoms. The molecular formula is C35H49NO7. The lowest BCUT2D eigenvalue weighted by atomic mass is 9.64. The van der Waals surface area contributed by atoms with Gasteiger partial charge < -0.3 is 29.6 Å². The van der Waals surface area contributed by atoms with Gasteiger partial charge in [0.2, 0.25) is 5.78 Å². The molecule has 2 aromatic rings. The second-order valence-electron chi connectivity index (χ2n) is 13.4. The van der Waals surface area contributed by atoms with Crippen LogP contribution in [0.1, 0.15) is 98.4 Å². The van der Waals surface area contributed by atoms with Crippen LogP contribution in [0, 0.1) is 5.41 Å². The third-order valence-corrected chi connectivity index (χ3v) is 10.3. The summed E-state index contributed by atoms with van der Waals surface area (Å²) in [6.45, 7) is 5.81. The molecule has 1 saturated carbocycles. The first-order valence-electron chi connectivity index (χ1n) is 16.0. The molecule has 0 radical (unpaired) electrons. The van der Waals surface area contributed by atoms with Crippen molar-refractivity contribution in [2.24, 2.45) is 5.41 Å². The number of nitrogens with zero attached hydrogens (tertiary/aromatic N) is 1. The average Bonchev–Trinajstić information content (AvgIpc) is 3.74. The molecule has 6 atom stereocenters. The Hall–Kier alpha value is -2.33. The lowest BCUT2D eigenvalue weighted by Gasteiger charge is -2.46. The molecule has 2 heterocycles. The third-order valence-electron chi connectivity index (χ3n) is 10.3. The molecular weight excluding hydrogens is 546 g/mol. The minimum atomic E-state index is -1.11. The van der Waals surface area contributed by atoms with E-state index in [0.29, 0.717) is 50.8 Å². The van der Waals surface area contributed by atoms with Gasteiger partial charge >= 0.3 is 0 Å². The van der Waals surface area contributed by atoms with Gasteiger partial charge in [-0.05, 0) is 100.0 Å². The van der Waals surface area contributed by atoms with Crippen LogP contribution < -0.4 is 0 Å². The van der Waals surface area contributed by atoms with E-state index in [2.05, 4.69) is 24.8 Å². The lowest BCUT2D eigenvalue weighted by molar-refractivity contribution is -0.0945. The normalized spacial score (nSPS) is 30.7. The van der Waals surface area contributed by atoms with E-state index >= 15 is 0 Å². The maximum Gasteiger partial charge on any atom is 0.228 e. The van der Waals surface area contributed by atoms with Gasteiger partial charge in [-0.25, -0.2) is 0 Å². The van der Waals surface area contributed by atoms with Crippen LogP contribution >= 0.6 is 0 Å². The van der Waals surface area contributed by atoms with E-state index in [1.165, 1.54) is 11.8 Å². The molecule has 6 rings (SSSR count). The molecule has 1 aromatic heterocycles. The number of furan rings is 1. The molecule has 0 amide bonds. The summed E-state index contributed by atoms with van der Waals surface area (Å²) < 4.78 is 11.4. The highest BCUT2D eigenvalue weighted by Crippen LogP contribution is 2.59. The van der Waals surface area contributed by atoms with Crippen molar-refractivity contribution in [3.05, 3.63) is 70.7 Å². The number of ketones is 1. The highest BCUT2D eigenvalue weighted by atomic mass is 16.5. The number of carbonyl (C=O) groups excluding carboxylic acids is 1. The van der Waals surface area contributed by atoms with E-state index < -0.39 is 23.2 Å². The zero-order chi connectivity index (χ0) is 30.6. The summed E-state index contributed by atoms with van der Waals surface area (Å²) in [6.07, 6.45) is 8.90. The minimum absolute atomic E-state index is 0.0366. The van der Waals surface area contributed by atoms with Crippen LogP contribution in [0.2, 0.25) is 0 Å². The minimum Gasteiger partial charge on any atom is -0.461 e. The number of aliphatic hydroxyl groups excluding tert-OH is 3. The Morgan fingerprint density at radius 2 is 2.02 bits per heavy atom. The molecule has 1 aliphatic heterocycles. The van der Waals surface area contributed by atoms with Crippen LogP contribution in [-0.4, -0.2) is 87.9 Å². The number of carbonyl (C=O) groups is 1. The molecule has 1 saturated heterocycles. The van der Waals surface area contributed by atoms with Gasteiger partial charge in [0.15, 0.2) is 5.76 Å². The molecule has 4 aliphatic rings. The van der Waals surface area contributed by atoms with Gasteiger partial charge in [0.25, 0.3) is 0 Å². The SMILES string of the molecule is CC1=CCC[C@@]2(C)[C@@H](CC[C@@]2(O)CN(C[C@H](O)CO)C[C@H]2CCCO2)c2ccc(cc2C(=O)c2ccco2)C[C@@H](O)CC1. The van der Waals surface area contributed by atoms with Gasteiger partial charge in [0, 0.05) is 37.2 Å². The molecule has 43 heavy (non-hydrogen) atoms. The fourth-order valence-corrected chi connectivity index (χ4v) is 7.74. The number of fused-ring (bicyclic) bond motifs is 8. The number of aliphatic hydroxyl groups is 4. The summed E-state index contributed by atoms with van der Waals surface area (Å²) in [6, 6.07) is 9.35. The van der Waals surface area contributed by atoms with Crippen molar-refractivity contribution < 1.29 is 34.4 Å². The first kappa shape index (κ1) is 32.1. The molecule has 3 aliphatic carbocycles. The van der Waals surface area contributed by atoms with E-state index in [9.17, 15) is 25.2 Å². The Labute approximate surface area is 255 Å². The van der Waals surface area contributed by atoms with Gasteiger partial charge in [-0.1, -0.05) is 30.7 Å². The molecule has 2 fully saturated rings. The third kappa shape index (κ3) is 7.16. The topological polar surface area (TPSA) is 124 Å². The molecule has 1 aromatic carbocycles. The first-order valence-corrected chi connectivity index (χ1v) is 16.0. The average molecular weight is 596 g/mol. The lowest BCUT2D eigenvalue weighted by Crippen LogP contribution is -2.55. The fraction of sp³-hybridized carbons (Fsp3) is 0.629. The molecule has 0 unspecified atom stereocenters. The standard InChI is InChI=1S/C35H49NO7/c1-24-6-3-14-34(2)31(13-15-35(34,41)23-36(20-27(39)22-37)21-28-7-4-16-42-28)29-12-10-25(18-26(38)11-9-24)19-30(29)33(40)32-8-5-17-43-32/h5-6,8,10,12,17,19,26-28,31,37-39,41H,3-4,7,9,11,13-16,18,20-23H2,1-2H3/t26-,27-,28+,31-,34-,35+/m0/s1. The van der Waals surface area contributed by atoms with Crippen molar-refractivity contribution in [2.45, 2.75) is 101 Å². The van der Waals surface area contributed by atoms with Crippen molar-refractivity contribution in [3.63, 3.8) is 0 Å². The summed E-state index contributed by atoms with van der Waals surface area (Å²) in [5.41, 5.74) is 1.90. The molecule has 4 N–H and O–H groups in total. The van der Waals surface area contributed by atoms with Gasteiger partial charge in [-0.3, -0.25) is 9.69 Å². The number of rotatable bonds is 9. The summed E-state index contributed by atoms with van der Waals surface area (Å²) in [4.78, 5) is 15.9. The van der Waals surface area contributed by atoms with Crippen molar-refractivity contribution in [1.82, 2.24) is 4.90 Å². The quantitative estimate of drug-likeness (QED) is 0.249. The first-order chi connectivity index (χ1) is 20.6. The smallest absolute Gasteiger partial charge is 0.228 e. The summed E-state index contributed by atoms with van der Waals surface area (Å²) in [7, 11) is 0. The second-order valence-corrected chi connectivity index (χ2v) is 13.4. The predicted octanol–water partition coefficient (Wildman–Crippen LogP) is 4.38. The van der Waals surface area contributed by atoms with E-state index in [1.807, 2.05) is 18.2 Å². The number of benzene rings is 1. The van der Waals surface area contributed by atoms with Gasteiger partial charge in [-0.2, -0.15) is 0 Å². The molecule has 0 spiro atoms. The molecule has 2 bridgehead atoms. The summed E-state index contributed by atoms with van der Waals surface area (Å²) >= 11 is 0. The number of hydrogen-bond acceptors (Lipinski definition) is 8. The van der Waals surface area contributed by atoms with Crippen LogP contribution in [0.25, 0.3) is 0 Å². The number of hydrogen-bond donors (Lipinski definition) is 4. The second kappa shape index (κ2) is 13.8. The van der Waals surface area contributed by atoms with Crippen LogP contribution in [0.4, 0.5) is 0 Å². The Kier molecular flexibility index (Phi) is 10.3. The molecule has 236 valence electrons. The van der Waals surface area contributed by atoms with Crippen LogP contribution in [0.3, 0.4) is 0 Å². The van der Waals surface area contributed by atoms with E-state index in [0.717, 1.165) is 43.4 Å². The molecule has 8 nitrogen and oxygen atoms in total. The van der Waals surface area contributed by atoms with E-state index in [-0.39, 0.29) is 36.7 Å². The van der Waals surface area contributed by atoms with Crippen molar-refractivity contribution in [1.29, 1.82) is 0 Å². The highest BCUT2D eigenvalue weighted by Gasteiger charge is 2.57. The fourth-order valence-electron chi connectivity index (χ4n) is 7.74. The Morgan fingerprint density at radius 3 is 2.74 bits per heavy atom. The van der Waals surface area contributed by atoms with Crippen LogP contribution in [-0.2, 0) is 11.2 Å². The zero-order valence-electron chi connectivity index (χ0n) is 25.7. The van der Waals surface area contributed by atoms with Gasteiger partial charge in [0.05, 0.1) is 36.8 Å². The van der Waals surface area contributed by atoms with Crippen molar-refractivity contribution >= 4 is 5.78 Å². The maximum absolute atomic E-state index is 13.9. The van der Waals surface area contributed by atoms with E-state index in [1.54, 1.807) is 12.1 Å². The van der Waals surface area contributed by atoms with Gasteiger partial charge in [0.1, 0.15) is 0 Å². The monoisotopic (exact) mass is 595 g/mol. The van der Waals surface area contributed by atoms with E-state index in [4.69, 9.17) is 9.15 Å². The van der Waals surface area contributed by atoms with Crippen molar-refractivity contribution in [3.8, 4) is 0 Å². The van der Waals surface area contributed by atoms with Gasteiger partial charge in [-0.15, -0.1) is 0 Å². The highest BCUT2D eigenvalue weighted by molar-refractivity contribution is 6.08. The number of ether oxygens (including phenoxy) is 1. The van der Waals surface area contributed by atoms with Crippen LogP contribution in [0.5, 0.6) is 0 Å². The Morgan fingerprint density at radius 1 is 1.19 bits per heavy atom. The number of allylic oxidation sites excluding steroid dienone is 2. The Bertz CT molecular complexity index is 1250. The zero-order valence-corrected chi connectivity index (χ0v) is 25.7.